The number of aromatic nitrogens is 1. The van der Waals surface area contributed by atoms with Gasteiger partial charge < -0.3 is 9.15 Å². The fourth-order valence-corrected chi connectivity index (χ4v) is 6.86. The number of allylic oxidation sites excluding steroid dienone is 1. The van der Waals surface area contributed by atoms with Gasteiger partial charge in [0.2, 0.25) is 0 Å². The number of ether oxygens (including phenoxy) is 1. The van der Waals surface area contributed by atoms with E-state index < -0.39 is 4.92 Å². The molecule has 208 valence electrons. The average molecular weight is 576 g/mol. The van der Waals surface area contributed by atoms with Crippen molar-refractivity contribution >= 4 is 28.8 Å². The maximum absolute atomic E-state index is 14.0. The van der Waals surface area contributed by atoms with Crippen LogP contribution < -0.4 is 19.6 Å². The highest BCUT2D eigenvalue weighted by Crippen LogP contribution is 2.41. The predicted molar refractivity (Wildman–Crippen MR) is 161 cm³/mol. The van der Waals surface area contributed by atoms with Gasteiger partial charge in [-0.15, -0.1) is 0 Å². The van der Waals surface area contributed by atoms with Gasteiger partial charge in [-0.3, -0.25) is 19.5 Å². The zero-order valence-corrected chi connectivity index (χ0v) is 23.7. The molecule has 3 aromatic carbocycles. The number of benzene rings is 3. The Labute approximate surface area is 244 Å². The monoisotopic (exact) mass is 575 g/mol. The lowest BCUT2D eigenvalue weighted by molar-refractivity contribution is -0.384. The van der Waals surface area contributed by atoms with Crippen molar-refractivity contribution in [3.05, 3.63) is 142 Å². The first-order valence-corrected chi connectivity index (χ1v) is 14.4. The van der Waals surface area contributed by atoms with Crippen LogP contribution in [0.15, 0.2) is 98.6 Å². The number of methoxy groups -OCH3 is 1. The molecule has 9 heteroatoms. The molecule has 2 aliphatic rings. The molecule has 42 heavy (non-hydrogen) atoms. The Hall–Kier alpha value is -5.02. The van der Waals surface area contributed by atoms with Crippen molar-refractivity contribution in [2.75, 3.05) is 7.11 Å². The smallest absolute Gasteiger partial charge is 0.271 e. The molecule has 1 aliphatic heterocycles. The highest BCUT2D eigenvalue weighted by atomic mass is 32.1. The Kier molecular flexibility index (Phi) is 6.24. The molecule has 0 N–H and O–H groups in total. The van der Waals surface area contributed by atoms with Crippen LogP contribution in [0.25, 0.3) is 23.1 Å². The van der Waals surface area contributed by atoms with Crippen LogP contribution in [0.4, 0.5) is 5.69 Å². The summed E-state index contributed by atoms with van der Waals surface area (Å²) in [5.41, 5.74) is 6.77. The van der Waals surface area contributed by atoms with E-state index in [0.29, 0.717) is 20.9 Å². The van der Waals surface area contributed by atoms with E-state index in [1.807, 2.05) is 36.4 Å². The molecule has 3 heterocycles. The van der Waals surface area contributed by atoms with Crippen molar-refractivity contribution < 1.29 is 14.1 Å². The Bertz CT molecular complexity index is 2120. The van der Waals surface area contributed by atoms with Crippen LogP contribution in [0.2, 0.25) is 0 Å². The van der Waals surface area contributed by atoms with Gasteiger partial charge in [-0.05, 0) is 72.4 Å². The predicted octanol–water partition coefficient (Wildman–Crippen LogP) is 5.80. The number of nitro benzene ring substituents is 1. The number of non-ortho nitro benzene ring substituents is 1. The molecular weight excluding hydrogens is 550 g/mol. The van der Waals surface area contributed by atoms with Crippen LogP contribution in [0.1, 0.15) is 40.5 Å². The molecular formula is C33H25N3O5S. The molecule has 2 aromatic heterocycles. The summed E-state index contributed by atoms with van der Waals surface area (Å²) < 4.78 is 13.9. The molecule has 0 radical (unpaired) electrons. The van der Waals surface area contributed by atoms with Crippen LogP contribution in [0, 0.1) is 17.0 Å². The van der Waals surface area contributed by atoms with E-state index in [2.05, 4.69) is 18.2 Å². The van der Waals surface area contributed by atoms with E-state index in [-0.39, 0.29) is 17.3 Å². The number of rotatable bonds is 5. The zero-order chi connectivity index (χ0) is 29.0. The molecule has 0 amide bonds. The van der Waals surface area contributed by atoms with Gasteiger partial charge in [0.1, 0.15) is 17.3 Å². The van der Waals surface area contributed by atoms with Gasteiger partial charge in [-0.2, -0.15) is 0 Å². The minimum atomic E-state index is -0.417. The van der Waals surface area contributed by atoms with E-state index in [9.17, 15) is 14.9 Å². The van der Waals surface area contributed by atoms with Crippen molar-refractivity contribution in [1.29, 1.82) is 0 Å². The van der Waals surface area contributed by atoms with E-state index in [1.54, 1.807) is 36.8 Å². The lowest BCUT2D eigenvalue weighted by Gasteiger charge is -2.31. The molecule has 1 atom stereocenters. The van der Waals surface area contributed by atoms with Crippen LogP contribution in [0.5, 0.6) is 5.75 Å². The quantitative estimate of drug-likeness (QED) is 0.195. The molecule has 0 fully saturated rings. The molecule has 0 unspecified atom stereocenters. The maximum atomic E-state index is 14.0. The van der Waals surface area contributed by atoms with Gasteiger partial charge in [-0.1, -0.05) is 47.7 Å². The van der Waals surface area contributed by atoms with Crippen molar-refractivity contribution in [2.45, 2.75) is 25.8 Å². The van der Waals surface area contributed by atoms with Gasteiger partial charge >= 0.3 is 0 Å². The summed E-state index contributed by atoms with van der Waals surface area (Å²) in [7, 11) is 1.64. The molecule has 8 nitrogen and oxygen atoms in total. The number of hydrogen-bond donors (Lipinski definition) is 0. The fraction of sp³-hybridized carbons (Fsp3) is 0.152. The number of nitro groups is 1. The Morgan fingerprint density at radius 1 is 1.05 bits per heavy atom. The largest absolute Gasteiger partial charge is 0.497 e. The highest BCUT2D eigenvalue weighted by molar-refractivity contribution is 7.07. The summed E-state index contributed by atoms with van der Waals surface area (Å²) in [5, 5.41) is 11.1. The van der Waals surface area contributed by atoms with E-state index in [1.165, 1.54) is 29.0 Å². The first-order chi connectivity index (χ1) is 20.4. The van der Waals surface area contributed by atoms with E-state index in [0.717, 1.165) is 52.1 Å². The minimum absolute atomic E-state index is 0.0278. The zero-order valence-electron chi connectivity index (χ0n) is 22.9. The number of nitrogens with zero attached hydrogens (tertiary/aromatic N) is 3. The molecule has 5 aromatic rings. The number of thiazole rings is 1. The second-order valence-electron chi connectivity index (χ2n) is 10.3. The van der Waals surface area contributed by atoms with Gasteiger partial charge in [0.25, 0.3) is 11.2 Å². The second-order valence-corrected chi connectivity index (χ2v) is 11.4. The van der Waals surface area contributed by atoms with Crippen molar-refractivity contribution in [2.24, 2.45) is 4.99 Å². The SMILES string of the molecule is COc1cccc([C@@H]2C3=C(N=c4s/c(=C/c5ccc(-c6ccc([N+](=O)[O-])cc6C)o5)c(=O)n42)c2ccccc2CC3)c1. The average Bonchev–Trinajstić information content (AvgIpc) is 3.59. The summed E-state index contributed by atoms with van der Waals surface area (Å²) in [6, 6.07) is 24.2. The topological polar surface area (TPSA) is 99.9 Å². The molecule has 0 saturated heterocycles. The van der Waals surface area contributed by atoms with Crippen LogP contribution >= 0.6 is 11.3 Å². The summed E-state index contributed by atoms with van der Waals surface area (Å²) in [6.45, 7) is 1.81. The van der Waals surface area contributed by atoms with Crippen LogP contribution in [-0.4, -0.2) is 16.6 Å². The van der Waals surface area contributed by atoms with Gasteiger partial charge in [0.15, 0.2) is 4.80 Å². The maximum Gasteiger partial charge on any atom is 0.271 e. The number of furan rings is 1. The van der Waals surface area contributed by atoms with Gasteiger partial charge in [0.05, 0.1) is 28.3 Å². The van der Waals surface area contributed by atoms with Gasteiger partial charge in [-0.25, -0.2) is 4.99 Å². The molecule has 7 rings (SSSR count). The summed E-state index contributed by atoms with van der Waals surface area (Å²) in [4.78, 5) is 30.4. The second kappa shape index (κ2) is 10.1. The van der Waals surface area contributed by atoms with Crippen molar-refractivity contribution in [3.8, 4) is 17.1 Å². The Balaban J connectivity index is 1.37. The van der Waals surface area contributed by atoms with Crippen molar-refractivity contribution in [1.82, 2.24) is 4.57 Å². The van der Waals surface area contributed by atoms with Crippen molar-refractivity contribution in [3.63, 3.8) is 0 Å². The normalized spacial score (nSPS) is 16.0. The molecule has 0 spiro atoms. The van der Waals surface area contributed by atoms with Gasteiger partial charge in [0, 0.05) is 29.3 Å². The third-order valence-electron chi connectivity index (χ3n) is 7.87. The molecule has 1 aliphatic carbocycles. The summed E-state index contributed by atoms with van der Waals surface area (Å²) in [6.07, 6.45) is 3.43. The third-order valence-corrected chi connectivity index (χ3v) is 8.85. The summed E-state index contributed by atoms with van der Waals surface area (Å²) >= 11 is 1.34. The van der Waals surface area contributed by atoms with Crippen LogP contribution in [-0.2, 0) is 6.42 Å². The summed E-state index contributed by atoms with van der Waals surface area (Å²) in [5.74, 6) is 1.82. The number of aryl methyl sites for hydroxylation is 2. The first-order valence-electron chi connectivity index (χ1n) is 13.5. The first kappa shape index (κ1) is 25.9. The fourth-order valence-electron chi connectivity index (χ4n) is 5.88. The lowest BCUT2D eigenvalue weighted by Crippen LogP contribution is -2.38. The molecule has 0 saturated carbocycles. The standard InChI is InChI=1S/C33H25N3O5S/c1-19-16-22(36(38)39)11-14-25(19)28-15-12-24(41-28)18-29-32(37)35-31(21-7-5-8-23(17-21)40-2)27-13-10-20-6-3-4-9-26(20)30(27)34-33(35)42-29/h3-9,11-12,14-18,31H,10,13H2,1-2H3/b29-18+/t31-/m1/s1. The number of hydrogen-bond acceptors (Lipinski definition) is 7. The third kappa shape index (κ3) is 4.29. The minimum Gasteiger partial charge on any atom is -0.497 e. The number of fused-ring (bicyclic) bond motifs is 3. The van der Waals surface area contributed by atoms with E-state index >= 15 is 0 Å². The van der Waals surface area contributed by atoms with E-state index in [4.69, 9.17) is 14.1 Å². The lowest BCUT2D eigenvalue weighted by atomic mass is 9.83. The Morgan fingerprint density at radius 2 is 1.90 bits per heavy atom. The Morgan fingerprint density at radius 3 is 2.71 bits per heavy atom. The molecule has 0 bridgehead atoms. The highest BCUT2D eigenvalue weighted by Gasteiger charge is 2.32. The van der Waals surface area contributed by atoms with Crippen LogP contribution in [0.3, 0.4) is 0 Å².